The number of nitrogen functional groups attached to an aromatic ring is 1. The van der Waals surface area contributed by atoms with Crippen molar-refractivity contribution < 1.29 is 14.3 Å². The molecule has 2 aromatic rings. The van der Waals surface area contributed by atoms with Crippen molar-refractivity contribution in [1.29, 1.82) is 0 Å². The summed E-state index contributed by atoms with van der Waals surface area (Å²) in [6, 6.07) is 13.0. The maximum Gasteiger partial charge on any atom is 0.254 e. The van der Waals surface area contributed by atoms with Gasteiger partial charge in [-0.25, -0.2) is 0 Å². The lowest BCUT2D eigenvalue weighted by Gasteiger charge is -2.31. The Kier molecular flexibility index (Phi) is 5.12. The van der Waals surface area contributed by atoms with E-state index >= 15 is 0 Å². The number of ether oxygens (including phenoxy) is 2. The van der Waals surface area contributed by atoms with Crippen molar-refractivity contribution >= 4 is 11.6 Å². The van der Waals surface area contributed by atoms with Crippen LogP contribution in [-0.2, 0) is 0 Å². The molecule has 0 aliphatic carbocycles. The van der Waals surface area contributed by atoms with E-state index in [0.29, 0.717) is 30.9 Å². The standard InChI is InChI=1S/C20H24N2O3/c1-3-10-22(20(23)17-11-15(21)9-8-14(17)2)12-16-13-24-18-6-4-5-7-19(18)25-16/h4-9,11,16H,3,10,12-13,21H2,1-2H3. The molecule has 0 radical (unpaired) electrons. The summed E-state index contributed by atoms with van der Waals surface area (Å²) in [5, 5.41) is 0. The average Bonchev–Trinajstić information content (AvgIpc) is 2.62. The highest BCUT2D eigenvalue weighted by molar-refractivity contribution is 5.96. The van der Waals surface area contributed by atoms with Crippen LogP contribution in [0.2, 0.25) is 0 Å². The van der Waals surface area contributed by atoms with Crippen molar-refractivity contribution in [3.63, 3.8) is 0 Å². The number of nitrogens with two attached hydrogens (primary N) is 1. The maximum absolute atomic E-state index is 13.0. The predicted molar refractivity (Wildman–Crippen MR) is 98.1 cm³/mol. The van der Waals surface area contributed by atoms with Gasteiger partial charge < -0.3 is 20.1 Å². The minimum atomic E-state index is -0.188. The van der Waals surface area contributed by atoms with Gasteiger partial charge in [0.2, 0.25) is 0 Å². The fraction of sp³-hybridized carbons (Fsp3) is 0.350. The molecule has 5 nitrogen and oxygen atoms in total. The Morgan fingerprint density at radius 2 is 2.00 bits per heavy atom. The van der Waals surface area contributed by atoms with Crippen molar-refractivity contribution in [3.05, 3.63) is 53.6 Å². The van der Waals surface area contributed by atoms with Gasteiger partial charge in [-0.2, -0.15) is 0 Å². The highest BCUT2D eigenvalue weighted by Crippen LogP contribution is 2.31. The number of rotatable bonds is 5. The summed E-state index contributed by atoms with van der Waals surface area (Å²) in [6.07, 6.45) is 0.684. The van der Waals surface area contributed by atoms with Crippen LogP contribution in [0.15, 0.2) is 42.5 Å². The highest BCUT2D eigenvalue weighted by Gasteiger charge is 2.26. The van der Waals surface area contributed by atoms with Crippen LogP contribution in [0.3, 0.4) is 0 Å². The summed E-state index contributed by atoms with van der Waals surface area (Å²) < 4.78 is 11.8. The Bertz CT molecular complexity index is 760. The van der Waals surface area contributed by atoms with Gasteiger partial charge in [0, 0.05) is 17.8 Å². The molecule has 5 heteroatoms. The Morgan fingerprint density at radius 1 is 1.24 bits per heavy atom. The third kappa shape index (κ3) is 3.87. The lowest BCUT2D eigenvalue weighted by molar-refractivity contribution is 0.0462. The molecule has 3 rings (SSSR count). The molecule has 2 N–H and O–H groups in total. The molecule has 2 aromatic carbocycles. The SMILES string of the molecule is CCCN(CC1COc2ccccc2O1)C(=O)c1cc(N)ccc1C. The highest BCUT2D eigenvalue weighted by atomic mass is 16.6. The molecule has 1 amide bonds. The Hall–Kier alpha value is -2.69. The topological polar surface area (TPSA) is 64.8 Å². The Morgan fingerprint density at radius 3 is 2.76 bits per heavy atom. The van der Waals surface area contributed by atoms with Gasteiger partial charge in [0.25, 0.3) is 5.91 Å². The summed E-state index contributed by atoms with van der Waals surface area (Å²) in [5.41, 5.74) is 8.02. The molecular formula is C20H24N2O3. The van der Waals surface area contributed by atoms with Gasteiger partial charge in [-0.15, -0.1) is 0 Å². The molecule has 1 aliphatic rings. The van der Waals surface area contributed by atoms with Gasteiger partial charge >= 0.3 is 0 Å². The first-order chi connectivity index (χ1) is 12.1. The van der Waals surface area contributed by atoms with E-state index in [0.717, 1.165) is 23.5 Å². The molecule has 0 saturated carbocycles. The molecule has 0 spiro atoms. The van der Waals surface area contributed by atoms with E-state index in [1.807, 2.05) is 48.2 Å². The summed E-state index contributed by atoms with van der Waals surface area (Å²) in [6.45, 7) is 5.55. The summed E-state index contributed by atoms with van der Waals surface area (Å²) in [7, 11) is 0. The summed E-state index contributed by atoms with van der Waals surface area (Å²) in [5.74, 6) is 1.45. The predicted octanol–water partition coefficient (Wildman–Crippen LogP) is 3.27. The van der Waals surface area contributed by atoms with Crippen molar-refractivity contribution in [3.8, 4) is 11.5 Å². The third-order valence-electron chi connectivity index (χ3n) is 4.26. The minimum Gasteiger partial charge on any atom is -0.486 e. The number of fused-ring (bicyclic) bond motifs is 1. The number of benzene rings is 2. The van der Waals surface area contributed by atoms with Crippen LogP contribution in [-0.4, -0.2) is 36.6 Å². The lowest BCUT2D eigenvalue weighted by atomic mass is 10.1. The number of nitrogens with zero attached hydrogens (tertiary/aromatic N) is 1. The normalized spacial score (nSPS) is 15.7. The average molecular weight is 340 g/mol. The largest absolute Gasteiger partial charge is 0.486 e. The fourth-order valence-corrected chi connectivity index (χ4v) is 2.98. The van der Waals surface area contributed by atoms with Crippen LogP contribution in [0.5, 0.6) is 11.5 Å². The molecule has 132 valence electrons. The molecule has 1 unspecified atom stereocenters. The van der Waals surface area contributed by atoms with E-state index in [1.54, 1.807) is 6.07 Å². The smallest absolute Gasteiger partial charge is 0.254 e. The number of hydrogen-bond donors (Lipinski definition) is 1. The third-order valence-corrected chi connectivity index (χ3v) is 4.26. The Labute approximate surface area is 148 Å². The number of aryl methyl sites for hydroxylation is 1. The Balaban J connectivity index is 1.75. The first-order valence-corrected chi connectivity index (χ1v) is 8.62. The molecule has 1 heterocycles. The van der Waals surface area contributed by atoms with E-state index in [2.05, 4.69) is 6.92 Å². The number of para-hydroxylation sites is 2. The van der Waals surface area contributed by atoms with E-state index in [9.17, 15) is 4.79 Å². The zero-order chi connectivity index (χ0) is 17.8. The lowest BCUT2D eigenvalue weighted by Crippen LogP contribution is -2.44. The van der Waals surface area contributed by atoms with Crippen LogP contribution in [0, 0.1) is 6.92 Å². The van der Waals surface area contributed by atoms with Crippen molar-refractivity contribution in [2.75, 3.05) is 25.4 Å². The van der Waals surface area contributed by atoms with Crippen molar-refractivity contribution in [2.45, 2.75) is 26.4 Å². The molecule has 0 fully saturated rings. The van der Waals surface area contributed by atoms with Crippen LogP contribution < -0.4 is 15.2 Å². The van der Waals surface area contributed by atoms with E-state index < -0.39 is 0 Å². The maximum atomic E-state index is 13.0. The van der Waals surface area contributed by atoms with E-state index in [-0.39, 0.29) is 12.0 Å². The number of carbonyl (C=O) groups is 1. The number of hydrogen-bond acceptors (Lipinski definition) is 4. The fourth-order valence-electron chi connectivity index (χ4n) is 2.98. The molecule has 1 atom stereocenters. The molecular weight excluding hydrogens is 316 g/mol. The van der Waals surface area contributed by atoms with Crippen LogP contribution >= 0.6 is 0 Å². The van der Waals surface area contributed by atoms with Gasteiger partial charge in [-0.05, 0) is 43.2 Å². The second-order valence-electron chi connectivity index (χ2n) is 6.32. The zero-order valence-electron chi connectivity index (χ0n) is 14.7. The van der Waals surface area contributed by atoms with Gasteiger partial charge in [0.1, 0.15) is 6.61 Å². The van der Waals surface area contributed by atoms with E-state index in [1.165, 1.54) is 0 Å². The quantitative estimate of drug-likeness (QED) is 0.849. The molecule has 0 aromatic heterocycles. The zero-order valence-corrected chi connectivity index (χ0v) is 14.7. The van der Waals surface area contributed by atoms with Gasteiger partial charge in [-0.1, -0.05) is 25.1 Å². The van der Waals surface area contributed by atoms with Gasteiger partial charge in [0.15, 0.2) is 17.6 Å². The number of anilines is 1. The van der Waals surface area contributed by atoms with Gasteiger partial charge in [0.05, 0.1) is 6.54 Å². The molecule has 1 aliphatic heterocycles. The van der Waals surface area contributed by atoms with Crippen LogP contribution in [0.25, 0.3) is 0 Å². The van der Waals surface area contributed by atoms with Gasteiger partial charge in [-0.3, -0.25) is 4.79 Å². The van der Waals surface area contributed by atoms with E-state index in [4.69, 9.17) is 15.2 Å². The van der Waals surface area contributed by atoms with Crippen molar-refractivity contribution in [1.82, 2.24) is 4.90 Å². The summed E-state index contributed by atoms with van der Waals surface area (Å²) in [4.78, 5) is 14.8. The second kappa shape index (κ2) is 7.47. The van der Waals surface area contributed by atoms with Crippen molar-refractivity contribution in [2.24, 2.45) is 0 Å². The first kappa shape index (κ1) is 17.1. The van der Waals surface area contributed by atoms with Crippen LogP contribution in [0.4, 0.5) is 5.69 Å². The van der Waals surface area contributed by atoms with Crippen LogP contribution in [0.1, 0.15) is 29.3 Å². The number of carbonyl (C=O) groups excluding carboxylic acids is 1. The second-order valence-corrected chi connectivity index (χ2v) is 6.32. The molecule has 0 bridgehead atoms. The minimum absolute atomic E-state index is 0.0193. The first-order valence-electron chi connectivity index (χ1n) is 8.62. The molecule has 0 saturated heterocycles. The summed E-state index contributed by atoms with van der Waals surface area (Å²) >= 11 is 0. The number of amides is 1. The molecule has 25 heavy (non-hydrogen) atoms. The monoisotopic (exact) mass is 340 g/mol.